The number of halogens is 4. The molecule has 0 fully saturated rings. The quantitative estimate of drug-likeness (QED) is 0.652. The average Bonchev–Trinajstić information content (AvgIpc) is 2.12. The third-order valence-electron chi connectivity index (χ3n) is 1.84. The van der Waals surface area contributed by atoms with Crippen molar-refractivity contribution in [3.8, 4) is 0 Å². The zero-order chi connectivity index (χ0) is 14.3. The van der Waals surface area contributed by atoms with E-state index >= 15 is 0 Å². The van der Waals surface area contributed by atoms with Crippen LogP contribution >= 0.6 is 15.9 Å². The summed E-state index contributed by atoms with van der Waals surface area (Å²) in [7, 11) is -4.66. The fraction of sp³-hybridized carbons (Fsp3) is 0.143. The monoisotopic (exact) mass is 348 g/mol. The fourth-order valence-electron chi connectivity index (χ4n) is 1.13. The molecule has 0 aromatic heterocycles. The normalized spacial score (nSPS) is 12.5. The van der Waals surface area contributed by atoms with Crippen molar-refractivity contribution in [3.05, 3.63) is 32.3 Å². The first kappa shape index (κ1) is 14.9. The molecule has 0 aliphatic heterocycles. The van der Waals surface area contributed by atoms with E-state index in [9.17, 15) is 31.7 Å². The minimum atomic E-state index is -4.85. The van der Waals surface area contributed by atoms with Crippen LogP contribution in [0.2, 0.25) is 0 Å². The van der Waals surface area contributed by atoms with Gasteiger partial charge in [0, 0.05) is 0 Å². The van der Waals surface area contributed by atoms with Crippen molar-refractivity contribution in [2.45, 2.75) is 11.1 Å². The second-order valence-corrected chi connectivity index (χ2v) is 5.49. The molecule has 0 radical (unpaired) electrons. The van der Waals surface area contributed by atoms with Gasteiger partial charge in [0.05, 0.1) is 15.0 Å². The number of sulfonamides is 1. The average molecular weight is 349 g/mol. The van der Waals surface area contributed by atoms with Crippen molar-refractivity contribution in [3.63, 3.8) is 0 Å². The van der Waals surface area contributed by atoms with Gasteiger partial charge in [-0.3, -0.25) is 10.1 Å². The molecule has 18 heavy (non-hydrogen) atoms. The van der Waals surface area contributed by atoms with Crippen LogP contribution in [0.3, 0.4) is 0 Å². The highest BCUT2D eigenvalue weighted by atomic mass is 79.9. The Hall–Kier alpha value is -1.20. The summed E-state index contributed by atoms with van der Waals surface area (Å²) in [4.78, 5) is 8.29. The maximum Gasteiger partial charge on any atom is 0.416 e. The van der Waals surface area contributed by atoms with E-state index in [1.54, 1.807) is 0 Å². The second kappa shape index (κ2) is 4.48. The summed E-state index contributed by atoms with van der Waals surface area (Å²) in [5.41, 5.74) is -2.39. The molecular formula is C7H4BrF3N2O4S. The van der Waals surface area contributed by atoms with Gasteiger partial charge in [0.15, 0.2) is 4.90 Å². The van der Waals surface area contributed by atoms with E-state index in [0.29, 0.717) is 6.07 Å². The molecule has 0 spiro atoms. The van der Waals surface area contributed by atoms with Gasteiger partial charge in [-0.05, 0) is 28.1 Å². The number of benzene rings is 1. The Labute approximate surface area is 107 Å². The van der Waals surface area contributed by atoms with Gasteiger partial charge in [0.2, 0.25) is 10.0 Å². The topological polar surface area (TPSA) is 103 Å². The molecule has 11 heteroatoms. The molecule has 1 aromatic carbocycles. The first-order valence-electron chi connectivity index (χ1n) is 4.02. The van der Waals surface area contributed by atoms with Crippen LogP contribution in [0, 0.1) is 10.1 Å². The summed E-state index contributed by atoms with van der Waals surface area (Å²) >= 11 is 2.52. The van der Waals surface area contributed by atoms with Crippen molar-refractivity contribution in [1.29, 1.82) is 0 Å². The molecule has 0 atom stereocenters. The second-order valence-electron chi connectivity index (χ2n) is 3.10. The van der Waals surface area contributed by atoms with E-state index in [0.717, 1.165) is 0 Å². The van der Waals surface area contributed by atoms with Gasteiger partial charge >= 0.3 is 11.9 Å². The molecule has 0 bridgehead atoms. The zero-order valence-electron chi connectivity index (χ0n) is 8.23. The zero-order valence-corrected chi connectivity index (χ0v) is 10.6. The molecule has 0 amide bonds. The molecular weight excluding hydrogens is 345 g/mol. The fourth-order valence-corrected chi connectivity index (χ4v) is 2.61. The molecule has 1 rings (SSSR count). The van der Waals surface area contributed by atoms with Crippen LogP contribution in [0.15, 0.2) is 21.5 Å². The maximum absolute atomic E-state index is 12.4. The first-order valence-corrected chi connectivity index (χ1v) is 6.36. The molecule has 0 saturated heterocycles. The van der Waals surface area contributed by atoms with Gasteiger partial charge in [0.1, 0.15) is 0 Å². The highest BCUT2D eigenvalue weighted by Crippen LogP contribution is 2.38. The third-order valence-corrected chi connectivity index (χ3v) is 3.37. The Kier molecular flexibility index (Phi) is 3.70. The summed E-state index contributed by atoms with van der Waals surface area (Å²) in [6.07, 6.45) is -4.85. The number of nitro groups is 1. The Bertz CT molecular complexity index is 614. The van der Waals surface area contributed by atoms with Crippen LogP contribution in [-0.2, 0) is 16.2 Å². The molecule has 100 valence electrons. The van der Waals surface area contributed by atoms with Crippen molar-refractivity contribution in [2.75, 3.05) is 0 Å². The van der Waals surface area contributed by atoms with E-state index in [2.05, 4.69) is 21.1 Å². The Morgan fingerprint density at radius 2 is 1.83 bits per heavy atom. The minimum absolute atomic E-state index is 0.123. The van der Waals surface area contributed by atoms with Gasteiger partial charge in [-0.15, -0.1) is 0 Å². The van der Waals surface area contributed by atoms with Gasteiger partial charge in [-0.25, -0.2) is 13.6 Å². The van der Waals surface area contributed by atoms with Crippen LogP contribution < -0.4 is 5.14 Å². The highest BCUT2D eigenvalue weighted by Gasteiger charge is 2.36. The molecule has 0 aliphatic rings. The van der Waals surface area contributed by atoms with Gasteiger partial charge in [-0.1, -0.05) is 0 Å². The lowest BCUT2D eigenvalue weighted by atomic mass is 10.2. The smallest absolute Gasteiger partial charge is 0.258 e. The molecule has 2 N–H and O–H groups in total. The Morgan fingerprint density at radius 1 is 1.33 bits per heavy atom. The lowest BCUT2D eigenvalue weighted by Crippen LogP contribution is -2.16. The van der Waals surface area contributed by atoms with E-state index in [1.807, 2.05) is 0 Å². The predicted molar refractivity (Wildman–Crippen MR) is 57.2 cm³/mol. The summed E-state index contributed by atoms with van der Waals surface area (Å²) in [5, 5.41) is 15.3. The molecule has 1 aromatic rings. The van der Waals surface area contributed by atoms with E-state index < -0.39 is 41.7 Å². The van der Waals surface area contributed by atoms with Crippen molar-refractivity contribution >= 4 is 31.6 Å². The summed E-state index contributed by atoms with van der Waals surface area (Å²) in [5.74, 6) is 0. The number of nitrogens with zero attached hydrogens (tertiary/aromatic N) is 1. The highest BCUT2D eigenvalue weighted by molar-refractivity contribution is 9.10. The number of nitro benzene ring substituents is 1. The Balaban J connectivity index is 3.75. The summed E-state index contributed by atoms with van der Waals surface area (Å²) in [6.45, 7) is 0. The van der Waals surface area contributed by atoms with Crippen molar-refractivity contribution < 1.29 is 26.5 Å². The van der Waals surface area contributed by atoms with E-state index in [4.69, 9.17) is 0 Å². The minimum Gasteiger partial charge on any atom is -0.258 e. The van der Waals surface area contributed by atoms with Crippen molar-refractivity contribution in [2.24, 2.45) is 5.14 Å². The number of rotatable bonds is 2. The molecule has 0 saturated carbocycles. The van der Waals surface area contributed by atoms with Crippen LogP contribution in [0.4, 0.5) is 18.9 Å². The van der Waals surface area contributed by atoms with Crippen molar-refractivity contribution in [1.82, 2.24) is 0 Å². The van der Waals surface area contributed by atoms with Gasteiger partial charge < -0.3 is 0 Å². The maximum atomic E-state index is 12.4. The largest absolute Gasteiger partial charge is 0.416 e. The number of alkyl halides is 3. The first-order chi connectivity index (χ1) is 7.94. The van der Waals surface area contributed by atoms with Crippen LogP contribution in [0.1, 0.15) is 5.56 Å². The molecule has 0 unspecified atom stereocenters. The number of nitrogens with two attached hydrogens (primary N) is 1. The Morgan fingerprint density at radius 3 is 2.17 bits per heavy atom. The van der Waals surface area contributed by atoms with Crippen LogP contribution in [0.5, 0.6) is 0 Å². The van der Waals surface area contributed by atoms with Gasteiger partial charge in [0.25, 0.3) is 0 Å². The number of hydrogen-bond donors (Lipinski definition) is 1. The number of hydrogen-bond acceptors (Lipinski definition) is 4. The summed E-state index contributed by atoms with van der Waals surface area (Å²) in [6, 6.07) is 0.533. The van der Waals surface area contributed by atoms with Crippen LogP contribution in [0.25, 0.3) is 0 Å². The van der Waals surface area contributed by atoms with E-state index in [-0.39, 0.29) is 6.07 Å². The molecule has 0 aliphatic carbocycles. The standard InChI is InChI=1S/C7H4BrF3N2O4S/c8-4-1-3(7(9,10)11)2-5(18(12,16)17)6(4)13(14)15/h1-2H,(H2,12,16,17). The SMILES string of the molecule is NS(=O)(=O)c1cc(C(F)(F)F)cc(Br)c1[N+](=O)[O-]. The van der Waals surface area contributed by atoms with E-state index in [1.165, 1.54) is 0 Å². The third kappa shape index (κ3) is 2.97. The predicted octanol–water partition coefficient (Wildman–Crippen LogP) is 2.02. The van der Waals surface area contributed by atoms with Crippen LogP contribution in [-0.4, -0.2) is 13.3 Å². The molecule has 0 heterocycles. The number of primary sulfonamides is 1. The summed E-state index contributed by atoms with van der Waals surface area (Å²) < 4.78 is 58.9. The molecule has 6 nitrogen and oxygen atoms in total. The van der Waals surface area contributed by atoms with Gasteiger partial charge in [-0.2, -0.15) is 13.2 Å². The lowest BCUT2D eigenvalue weighted by Gasteiger charge is -2.09. The lowest BCUT2D eigenvalue weighted by molar-refractivity contribution is -0.388.